The fourth-order valence-electron chi connectivity index (χ4n) is 2.96. The van der Waals surface area contributed by atoms with Crippen LogP contribution in [-0.2, 0) is 0 Å². The zero-order chi connectivity index (χ0) is 16.6. The Labute approximate surface area is 140 Å². The predicted octanol–water partition coefficient (Wildman–Crippen LogP) is 4.79. The van der Waals surface area contributed by atoms with Gasteiger partial charge < -0.3 is 0 Å². The molecule has 3 rings (SSSR count). The first-order chi connectivity index (χ1) is 11.1. The minimum absolute atomic E-state index is 0.436. The van der Waals surface area contributed by atoms with E-state index in [1.165, 1.54) is 5.56 Å². The fourth-order valence-corrected chi connectivity index (χ4v) is 4.14. The monoisotopic (exact) mass is 327 g/mol. The molecule has 0 spiro atoms. The summed E-state index contributed by atoms with van der Waals surface area (Å²) in [7, 11) is 0. The van der Waals surface area contributed by atoms with Gasteiger partial charge in [-0.25, -0.2) is 4.98 Å². The van der Waals surface area contributed by atoms with Crippen molar-refractivity contribution in [2.24, 2.45) is 0 Å². The van der Waals surface area contributed by atoms with Crippen LogP contribution in [0.1, 0.15) is 59.2 Å². The number of fused-ring (bicyclic) bond motifs is 1. The van der Waals surface area contributed by atoms with E-state index in [1.54, 1.807) is 15.9 Å². The lowest BCUT2D eigenvalue weighted by atomic mass is 10.0. The Bertz CT molecular complexity index is 859. The Hall–Kier alpha value is -2.01. The smallest absolute Gasteiger partial charge is 0.213 e. The standard InChI is InChI=1S/C18H21N3OS/c1-5-13(6-2)17-20-21-15(10-22)16(19-18(21)23-17)14-8-7-11(3)9-12(14)4/h7-10,13H,5-6H2,1-4H3. The number of imidazole rings is 1. The Morgan fingerprint density at radius 3 is 2.61 bits per heavy atom. The van der Waals surface area contributed by atoms with Gasteiger partial charge in [-0.05, 0) is 32.3 Å². The predicted molar refractivity (Wildman–Crippen MR) is 94.5 cm³/mol. The van der Waals surface area contributed by atoms with Gasteiger partial charge in [0.2, 0.25) is 4.96 Å². The topological polar surface area (TPSA) is 47.3 Å². The van der Waals surface area contributed by atoms with Crippen LogP contribution in [0.4, 0.5) is 0 Å². The van der Waals surface area contributed by atoms with E-state index in [0.29, 0.717) is 11.6 Å². The molecule has 4 nitrogen and oxygen atoms in total. The van der Waals surface area contributed by atoms with Crippen molar-refractivity contribution in [2.75, 3.05) is 0 Å². The zero-order valence-electron chi connectivity index (χ0n) is 14.0. The Kier molecular flexibility index (Phi) is 4.31. The first-order valence-electron chi connectivity index (χ1n) is 8.01. The summed E-state index contributed by atoms with van der Waals surface area (Å²) >= 11 is 1.59. The van der Waals surface area contributed by atoms with Crippen LogP contribution in [0.25, 0.3) is 16.2 Å². The lowest BCUT2D eigenvalue weighted by molar-refractivity contribution is 0.111. The Morgan fingerprint density at radius 1 is 1.26 bits per heavy atom. The van der Waals surface area contributed by atoms with Gasteiger partial charge in [0.25, 0.3) is 0 Å². The lowest BCUT2D eigenvalue weighted by Gasteiger charge is -2.07. The molecule has 5 heteroatoms. The number of carbonyl (C=O) groups is 1. The molecule has 0 fully saturated rings. The molecule has 0 atom stereocenters. The molecule has 2 heterocycles. The van der Waals surface area contributed by atoms with Crippen LogP contribution in [-0.4, -0.2) is 20.9 Å². The molecule has 0 N–H and O–H groups in total. The van der Waals surface area contributed by atoms with Crippen molar-refractivity contribution in [3.8, 4) is 11.3 Å². The van der Waals surface area contributed by atoms with Gasteiger partial charge in [-0.2, -0.15) is 9.61 Å². The van der Waals surface area contributed by atoms with Crippen LogP contribution < -0.4 is 0 Å². The molecule has 2 aromatic heterocycles. The average Bonchev–Trinajstić information content (AvgIpc) is 3.06. The molecule has 0 aliphatic carbocycles. The summed E-state index contributed by atoms with van der Waals surface area (Å²) in [5.74, 6) is 0.436. The third-order valence-electron chi connectivity index (χ3n) is 4.34. The maximum atomic E-state index is 11.7. The third kappa shape index (κ3) is 2.70. The molecule has 0 aliphatic rings. The van der Waals surface area contributed by atoms with Crippen molar-refractivity contribution in [1.29, 1.82) is 0 Å². The SMILES string of the molecule is CCC(CC)c1nn2c(C=O)c(-c3ccc(C)cc3C)nc2s1. The number of benzene rings is 1. The molecule has 0 saturated heterocycles. The summed E-state index contributed by atoms with van der Waals surface area (Å²) in [5.41, 5.74) is 4.60. The Balaban J connectivity index is 2.16. The quantitative estimate of drug-likeness (QED) is 0.633. The van der Waals surface area contributed by atoms with Gasteiger partial charge in [-0.1, -0.05) is 48.9 Å². The van der Waals surface area contributed by atoms with Crippen molar-refractivity contribution >= 4 is 22.6 Å². The molecular formula is C18H21N3OS. The summed E-state index contributed by atoms with van der Waals surface area (Å²) in [6.45, 7) is 8.44. The molecule has 1 aromatic carbocycles. The van der Waals surface area contributed by atoms with Crippen LogP contribution >= 0.6 is 11.3 Å². The highest BCUT2D eigenvalue weighted by atomic mass is 32.1. The van der Waals surface area contributed by atoms with Crippen LogP contribution in [0.5, 0.6) is 0 Å². The lowest BCUT2D eigenvalue weighted by Crippen LogP contribution is -1.99. The van der Waals surface area contributed by atoms with E-state index in [4.69, 9.17) is 4.98 Å². The number of hydrogen-bond donors (Lipinski definition) is 0. The summed E-state index contributed by atoms with van der Waals surface area (Å²) in [6, 6.07) is 6.19. The normalized spacial score (nSPS) is 11.5. The molecule has 23 heavy (non-hydrogen) atoms. The van der Waals surface area contributed by atoms with Crippen molar-refractivity contribution < 1.29 is 4.79 Å². The van der Waals surface area contributed by atoms with Crippen LogP contribution in [0.2, 0.25) is 0 Å². The second-order valence-electron chi connectivity index (χ2n) is 5.93. The third-order valence-corrected chi connectivity index (χ3v) is 5.41. The highest BCUT2D eigenvalue weighted by Gasteiger charge is 2.21. The summed E-state index contributed by atoms with van der Waals surface area (Å²) < 4.78 is 1.71. The first kappa shape index (κ1) is 15.9. The molecule has 0 bridgehead atoms. The molecule has 3 aromatic rings. The van der Waals surface area contributed by atoms with Gasteiger partial charge in [0.1, 0.15) is 16.4 Å². The van der Waals surface area contributed by atoms with E-state index in [9.17, 15) is 4.79 Å². The van der Waals surface area contributed by atoms with Gasteiger partial charge in [0, 0.05) is 11.5 Å². The van der Waals surface area contributed by atoms with E-state index in [0.717, 1.165) is 45.9 Å². The highest BCUT2D eigenvalue weighted by Crippen LogP contribution is 2.32. The van der Waals surface area contributed by atoms with Crippen molar-refractivity contribution in [2.45, 2.75) is 46.5 Å². The Morgan fingerprint density at radius 2 is 2.00 bits per heavy atom. The van der Waals surface area contributed by atoms with Crippen molar-refractivity contribution in [3.05, 3.63) is 40.0 Å². The fraction of sp³-hybridized carbons (Fsp3) is 0.389. The number of aldehydes is 1. The molecule has 0 unspecified atom stereocenters. The summed E-state index contributed by atoms with van der Waals surface area (Å²) in [5, 5.41) is 5.72. The van der Waals surface area contributed by atoms with Gasteiger partial charge in [-0.15, -0.1) is 0 Å². The molecule has 120 valence electrons. The maximum Gasteiger partial charge on any atom is 0.213 e. The average molecular weight is 327 g/mol. The van der Waals surface area contributed by atoms with E-state index in [2.05, 4.69) is 31.9 Å². The number of nitrogens with zero attached hydrogens (tertiary/aromatic N) is 3. The van der Waals surface area contributed by atoms with Crippen molar-refractivity contribution in [3.63, 3.8) is 0 Å². The van der Waals surface area contributed by atoms with Crippen LogP contribution in [0.3, 0.4) is 0 Å². The second-order valence-corrected chi connectivity index (χ2v) is 6.92. The highest BCUT2D eigenvalue weighted by molar-refractivity contribution is 7.16. The second kappa shape index (κ2) is 6.24. The number of aryl methyl sites for hydroxylation is 2. The molecule has 0 aliphatic heterocycles. The van der Waals surface area contributed by atoms with E-state index < -0.39 is 0 Å². The van der Waals surface area contributed by atoms with Crippen LogP contribution in [0.15, 0.2) is 18.2 Å². The largest absolute Gasteiger partial charge is 0.296 e. The van der Waals surface area contributed by atoms with Gasteiger partial charge in [-0.3, -0.25) is 4.79 Å². The van der Waals surface area contributed by atoms with E-state index in [-0.39, 0.29) is 0 Å². The van der Waals surface area contributed by atoms with E-state index >= 15 is 0 Å². The minimum atomic E-state index is 0.436. The molecule has 0 saturated carbocycles. The van der Waals surface area contributed by atoms with Crippen LogP contribution in [0, 0.1) is 13.8 Å². The molecular weight excluding hydrogens is 306 g/mol. The molecule has 0 radical (unpaired) electrons. The number of hydrogen-bond acceptors (Lipinski definition) is 4. The number of rotatable bonds is 5. The first-order valence-corrected chi connectivity index (χ1v) is 8.82. The zero-order valence-corrected chi connectivity index (χ0v) is 14.8. The van der Waals surface area contributed by atoms with Gasteiger partial charge in [0.15, 0.2) is 6.29 Å². The summed E-state index contributed by atoms with van der Waals surface area (Å²) in [4.78, 5) is 17.2. The number of carbonyl (C=O) groups excluding carboxylic acids is 1. The number of aromatic nitrogens is 3. The molecule has 0 amide bonds. The maximum absolute atomic E-state index is 11.7. The van der Waals surface area contributed by atoms with Gasteiger partial charge in [0.05, 0.1) is 0 Å². The minimum Gasteiger partial charge on any atom is -0.296 e. The van der Waals surface area contributed by atoms with Crippen molar-refractivity contribution in [1.82, 2.24) is 14.6 Å². The van der Waals surface area contributed by atoms with E-state index in [1.807, 2.05) is 19.1 Å². The summed E-state index contributed by atoms with van der Waals surface area (Å²) in [6.07, 6.45) is 2.96. The van der Waals surface area contributed by atoms with Gasteiger partial charge >= 0.3 is 0 Å².